The molecule has 0 aliphatic carbocycles. The Morgan fingerprint density at radius 1 is 1.43 bits per heavy atom. The van der Waals surface area contributed by atoms with Gasteiger partial charge in [-0.1, -0.05) is 0 Å². The Morgan fingerprint density at radius 2 is 2.10 bits per heavy atom. The van der Waals surface area contributed by atoms with Crippen molar-refractivity contribution >= 4 is 15.9 Å². The van der Waals surface area contributed by atoms with Crippen molar-refractivity contribution in [2.75, 3.05) is 13.2 Å². The van der Waals surface area contributed by atoms with Crippen molar-refractivity contribution in [2.24, 2.45) is 5.14 Å². The molecule has 1 aliphatic rings. The number of hydrogen-bond donors (Lipinski definition) is 2. The van der Waals surface area contributed by atoms with Crippen LogP contribution < -0.4 is 10.5 Å². The maximum Gasteiger partial charge on any atom is 0.254 e. The van der Waals surface area contributed by atoms with Gasteiger partial charge in [-0.3, -0.25) is 4.79 Å². The molecule has 6 nitrogen and oxygen atoms in total. The molecule has 1 fully saturated rings. The van der Waals surface area contributed by atoms with E-state index in [1.165, 1.54) is 0 Å². The fourth-order valence-corrected chi connectivity index (χ4v) is 2.68. The lowest BCUT2D eigenvalue weighted by molar-refractivity contribution is 0.0884. The molecule has 21 heavy (non-hydrogen) atoms. The summed E-state index contributed by atoms with van der Waals surface area (Å²) in [5.74, 6) is -3.37. The van der Waals surface area contributed by atoms with Gasteiger partial charge in [0, 0.05) is 6.61 Å². The van der Waals surface area contributed by atoms with Gasteiger partial charge in [0.2, 0.25) is 10.0 Å². The van der Waals surface area contributed by atoms with Gasteiger partial charge in [-0.25, -0.2) is 22.3 Å². The molecule has 1 aromatic rings. The monoisotopic (exact) mass is 320 g/mol. The summed E-state index contributed by atoms with van der Waals surface area (Å²) in [5.41, 5.74) is -1.43. The van der Waals surface area contributed by atoms with Gasteiger partial charge in [0.25, 0.3) is 5.91 Å². The minimum absolute atomic E-state index is 0.234. The van der Waals surface area contributed by atoms with E-state index in [0.717, 1.165) is 0 Å². The number of carbonyl (C=O) groups is 1. The minimum Gasteiger partial charge on any atom is -0.379 e. The van der Waals surface area contributed by atoms with Crippen LogP contribution in [0.4, 0.5) is 8.78 Å². The maximum absolute atomic E-state index is 14.1. The smallest absolute Gasteiger partial charge is 0.254 e. The molecule has 1 amide bonds. The van der Waals surface area contributed by atoms with Crippen molar-refractivity contribution < 1.29 is 26.7 Å². The van der Waals surface area contributed by atoms with Gasteiger partial charge in [0.05, 0.1) is 17.7 Å². The summed E-state index contributed by atoms with van der Waals surface area (Å²) in [6, 6.07) is 1.06. The molecule has 1 aliphatic heterocycles. The maximum atomic E-state index is 14.1. The van der Waals surface area contributed by atoms with E-state index in [4.69, 9.17) is 9.88 Å². The molecule has 3 N–H and O–H groups in total. The van der Waals surface area contributed by atoms with Crippen molar-refractivity contribution in [3.63, 3.8) is 0 Å². The topological polar surface area (TPSA) is 98.5 Å². The molecule has 9 heteroatoms. The highest BCUT2D eigenvalue weighted by atomic mass is 32.2. The van der Waals surface area contributed by atoms with Crippen LogP contribution in [0, 0.1) is 11.6 Å². The summed E-state index contributed by atoms with van der Waals surface area (Å²) in [5, 5.41) is 7.31. The zero-order valence-corrected chi connectivity index (χ0v) is 12.0. The second-order valence-corrected chi connectivity index (χ2v) is 6.66. The Labute approximate surface area is 120 Å². The zero-order chi connectivity index (χ0) is 15.8. The van der Waals surface area contributed by atoms with Crippen LogP contribution in [0.25, 0.3) is 0 Å². The van der Waals surface area contributed by atoms with E-state index in [9.17, 15) is 22.0 Å². The van der Waals surface area contributed by atoms with Crippen LogP contribution in [0.5, 0.6) is 0 Å². The number of benzene rings is 1. The number of rotatable bonds is 3. The molecule has 1 unspecified atom stereocenters. The number of carbonyl (C=O) groups excluding carboxylic acids is 1. The van der Waals surface area contributed by atoms with Crippen LogP contribution in [-0.2, 0) is 14.8 Å². The molecular formula is C12H14F2N2O4S. The largest absolute Gasteiger partial charge is 0.379 e. The first-order chi connectivity index (χ1) is 9.62. The van der Waals surface area contributed by atoms with Gasteiger partial charge in [-0.05, 0) is 25.5 Å². The quantitative estimate of drug-likeness (QED) is 0.848. The van der Waals surface area contributed by atoms with Crippen LogP contribution in [-0.4, -0.2) is 33.1 Å². The van der Waals surface area contributed by atoms with Gasteiger partial charge in [0.1, 0.15) is 10.7 Å². The van der Waals surface area contributed by atoms with Crippen LogP contribution >= 0.6 is 0 Å². The first-order valence-electron chi connectivity index (χ1n) is 6.04. The Bertz CT molecular complexity index is 685. The summed E-state index contributed by atoms with van der Waals surface area (Å²) in [7, 11) is -4.47. The molecule has 2 rings (SSSR count). The van der Waals surface area contributed by atoms with Gasteiger partial charge >= 0.3 is 0 Å². The predicted molar refractivity (Wildman–Crippen MR) is 69.0 cm³/mol. The van der Waals surface area contributed by atoms with Crippen LogP contribution in [0.1, 0.15) is 23.7 Å². The normalized spacial score (nSPS) is 22.3. The first-order valence-corrected chi connectivity index (χ1v) is 7.59. The van der Waals surface area contributed by atoms with E-state index in [2.05, 4.69) is 5.32 Å². The number of sulfonamides is 1. The standard InChI is InChI=1S/C12H14F2N2O4S/c1-12(2-3-20-6-12)16-11(17)8-4-7(13)5-9(10(8)14)21(15,18)19/h4-5H,2-3,6H2,1H3,(H,16,17)(H2,15,18,19). The molecule has 0 bridgehead atoms. The molecule has 0 spiro atoms. The average molecular weight is 320 g/mol. The van der Waals surface area contributed by atoms with E-state index < -0.39 is 43.6 Å². The number of hydrogen-bond acceptors (Lipinski definition) is 4. The van der Waals surface area contributed by atoms with Crippen LogP contribution in [0.15, 0.2) is 17.0 Å². The second-order valence-electron chi connectivity index (χ2n) is 5.13. The zero-order valence-electron chi connectivity index (χ0n) is 11.2. The highest BCUT2D eigenvalue weighted by Crippen LogP contribution is 2.22. The van der Waals surface area contributed by atoms with Crippen molar-refractivity contribution in [3.8, 4) is 0 Å². The molecule has 1 atom stereocenters. The lowest BCUT2D eigenvalue weighted by Gasteiger charge is -2.23. The van der Waals surface area contributed by atoms with Gasteiger partial charge in [0.15, 0.2) is 5.82 Å². The summed E-state index contributed by atoms with van der Waals surface area (Å²) < 4.78 is 55.0. The van der Waals surface area contributed by atoms with Gasteiger partial charge in [-0.2, -0.15) is 0 Å². The number of nitrogens with two attached hydrogens (primary N) is 1. The first kappa shape index (κ1) is 15.8. The number of primary sulfonamides is 1. The molecular weight excluding hydrogens is 306 g/mol. The number of nitrogens with one attached hydrogen (secondary N) is 1. The van der Waals surface area contributed by atoms with Crippen LogP contribution in [0.3, 0.4) is 0 Å². The fraction of sp³-hybridized carbons (Fsp3) is 0.417. The molecule has 116 valence electrons. The van der Waals surface area contributed by atoms with E-state index >= 15 is 0 Å². The van der Waals surface area contributed by atoms with E-state index in [1.807, 2.05) is 0 Å². The third-order valence-electron chi connectivity index (χ3n) is 3.19. The Balaban J connectivity index is 2.40. The molecule has 1 aromatic carbocycles. The lowest BCUT2D eigenvalue weighted by atomic mass is 10.0. The summed E-state index contributed by atoms with van der Waals surface area (Å²) in [6.07, 6.45) is 0.512. The third-order valence-corrected chi connectivity index (χ3v) is 4.10. The summed E-state index contributed by atoms with van der Waals surface area (Å²) in [4.78, 5) is 11.0. The fourth-order valence-electron chi connectivity index (χ4n) is 2.04. The average Bonchev–Trinajstić information content (AvgIpc) is 2.76. The Hall–Kier alpha value is -1.58. The van der Waals surface area contributed by atoms with Crippen molar-refractivity contribution in [1.82, 2.24) is 5.32 Å². The highest BCUT2D eigenvalue weighted by molar-refractivity contribution is 7.89. The number of amides is 1. The van der Waals surface area contributed by atoms with E-state index in [1.54, 1.807) is 6.92 Å². The molecule has 0 radical (unpaired) electrons. The van der Waals surface area contributed by atoms with Crippen molar-refractivity contribution in [2.45, 2.75) is 23.8 Å². The number of ether oxygens (including phenoxy) is 1. The summed E-state index contributed by atoms with van der Waals surface area (Å²) >= 11 is 0. The molecule has 1 heterocycles. The minimum atomic E-state index is -4.47. The third kappa shape index (κ3) is 3.36. The lowest BCUT2D eigenvalue weighted by Crippen LogP contribution is -2.46. The van der Waals surface area contributed by atoms with Gasteiger partial charge in [-0.15, -0.1) is 0 Å². The van der Waals surface area contributed by atoms with E-state index in [0.29, 0.717) is 25.2 Å². The molecule has 0 aromatic heterocycles. The number of halogens is 2. The second kappa shape index (κ2) is 5.32. The Morgan fingerprint density at radius 3 is 2.62 bits per heavy atom. The molecule has 0 saturated carbocycles. The van der Waals surface area contributed by atoms with E-state index in [-0.39, 0.29) is 6.61 Å². The van der Waals surface area contributed by atoms with Gasteiger partial charge < -0.3 is 10.1 Å². The van der Waals surface area contributed by atoms with Crippen LogP contribution in [0.2, 0.25) is 0 Å². The Kier molecular flexibility index (Phi) is 4.00. The predicted octanol–water partition coefficient (Wildman–Crippen LogP) is 0.521. The van der Waals surface area contributed by atoms with Crippen molar-refractivity contribution in [1.29, 1.82) is 0 Å². The van der Waals surface area contributed by atoms with Crippen molar-refractivity contribution in [3.05, 3.63) is 29.3 Å². The summed E-state index contributed by atoms with van der Waals surface area (Å²) in [6.45, 7) is 2.36. The highest BCUT2D eigenvalue weighted by Gasteiger charge is 2.33. The molecule has 1 saturated heterocycles. The SMILES string of the molecule is CC1(NC(=O)c2cc(F)cc(S(N)(=O)=O)c2F)CCOC1.